The lowest BCUT2D eigenvalue weighted by molar-refractivity contribution is 0.133. The van der Waals surface area contributed by atoms with Crippen molar-refractivity contribution in [3.05, 3.63) is 35.9 Å². The van der Waals surface area contributed by atoms with Crippen LogP contribution in [0.5, 0.6) is 0 Å². The normalized spacial score (nSPS) is 15.1. The summed E-state index contributed by atoms with van der Waals surface area (Å²) in [5.74, 6) is 0. The van der Waals surface area contributed by atoms with Crippen molar-refractivity contribution in [1.29, 1.82) is 0 Å². The van der Waals surface area contributed by atoms with Crippen LogP contribution in [0.1, 0.15) is 25.3 Å². The van der Waals surface area contributed by atoms with E-state index in [9.17, 15) is 5.11 Å². The molecule has 0 fully saturated rings. The Kier molecular flexibility index (Phi) is 4.63. The Morgan fingerprint density at radius 2 is 1.93 bits per heavy atom. The van der Waals surface area contributed by atoms with Crippen LogP contribution in [0.3, 0.4) is 0 Å². The van der Waals surface area contributed by atoms with Gasteiger partial charge in [0.1, 0.15) is 0 Å². The molecule has 0 aliphatic carbocycles. The summed E-state index contributed by atoms with van der Waals surface area (Å²) < 4.78 is 0. The van der Waals surface area contributed by atoms with Crippen LogP contribution in [0.25, 0.3) is 0 Å². The monoisotopic (exact) mass is 193 g/mol. The van der Waals surface area contributed by atoms with Crippen molar-refractivity contribution >= 4 is 0 Å². The number of aliphatic hydroxyl groups excluding tert-OH is 1. The van der Waals surface area contributed by atoms with Gasteiger partial charge in [-0.1, -0.05) is 37.3 Å². The summed E-state index contributed by atoms with van der Waals surface area (Å²) >= 11 is 0. The van der Waals surface area contributed by atoms with Crippen LogP contribution in [-0.2, 0) is 6.42 Å². The zero-order valence-corrected chi connectivity index (χ0v) is 8.69. The molecule has 0 heterocycles. The van der Waals surface area contributed by atoms with Crippen LogP contribution in [0.4, 0.5) is 0 Å². The van der Waals surface area contributed by atoms with Gasteiger partial charge in [0.05, 0.1) is 6.10 Å². The third-order valence-electron chi connectivity index (χ3n) is 2.54. The molecule has 2 nitrogen and oxygen atoms in total. The molecule has 14 heavy (non-hydrogen) atoms. The van der Waals surface area contributed by atoms with Gasteiger partial charge >= 0.3 is 0 Å². The first kappa shape index (κ1) is 11.2. The summed E-state index contributed by atoms with van der Waals surface area (Å²) in [5.41, 5.74) is 6.99. The molecule has 78 valence electrons. The van der Waals surface area contributed by atoms with Crippen molar-refractivity contribution < 1.29 is 5.11 Å². The van der Waals surface area contributed by atoms with Crippen LogP contribution in [-0.4, -0.2) is 17.3 Å². The zero-order valence-electron chi connectivity index (χ0n) is 8.69. The van der Waals surface area contributed by atoms with Crippen LogP contribution in [0.15, 0.2) is 30.3 Å². The molecule has 0 unspecified atom stereocenters. The van der Waals surface area contributed by atoms with E-state index in [1.54, 1.807) is 0 Å². The first-order valence-corrected chi connectivity index (χ1v) is 5.21. The Hall–Kier alpha value is -0.860. The molecule has 2 heteroatoms. The van der Waals surface area contributed by atoms with Crippen molar-refractivity contribution in [2.45, 2.75) is 38.3 Å². The van der Waals surface area contributed by atoms with Gasteiger partial charge in [-0.3, -0.25) is 0 Å². The van der Waals surface area contributed by atoms with Gasteiger partial charge in [-0.05, 0) is 24.8 Å². The lowest BCUT2D eigenvalue weighted by atomic mass is 10.0. The minimum absolute atomic E-state index is 0.0845. The molecule has 1 aromatic rings. The second kappa shape index (κ2) is 5.78. The summed E-state index contributed by atoms with van der Waals surface area (Å²) in [6.07, 6.45) is 2.10. The zero-order chi connectivity index (χ0) is 10.4. The van der Waals surface area contributed by atoms with Crippen LogP contribution in [0.2, 0.25) is 0 Å². The van der Waals surface area contributed by atoms with Gasteiger partial charge in [-0.25, -0.2) is 0 Å². The first-order valence-electron chi connectivity index (χ1n) is 5.21. The average molecular weight is 193 g/mol. The van der Waals surface area contributed by atoms with Crippen molar-refractivity contribution in [1.82, 2.24) is 0 Å². The maximum absolute atomic E-state index is 9.65. The molecule has 0 amide bonds. The highest BCUT2D eigenvalue weighted by molar-refractivity contribution is 5.14. The highest BCUT2D eigenvalue weighted by atomic mass is 16.3. The van der Waals surface area contributed by atoms with E-state index in [0.29, 0.717) is 0 Å². The highest BCUT2D eigenvalue weighted by Crippen LogP contribution is 2.07. The molecule has 0 saturated heterocycles. The molecule has 0 radical (unpaired) electrons. The molecule has 0 aliphatic heterocycles. The van der Waals surface area contributed by atoms with E-state index in [1.807, 2.05) is 25.1 Å². The Bertz CT molecular complexity index is 248. The quantitative estimate of drug-likeness (QED) is 0.748. The molecule has 0 aliphatic rings. The third-order valence-corrected chi connectivity index (χ3v) is 2.54. The molecule has 3 N–H and O–H groups in total. The number of rotatable bonds is 5. The fourth-order valence-electron chi connectivity index (χ4n) is 1.45. The predicted molar refractivity (Wildman–Crippen MR) is 59.0 cm³/mol. The molecule has 0 bridgehead atoms. The van der Waals surface area contributed by atoms with Crippen molar-refractivity contribution in [2.24, 2.45) is 5.73 Å². The minimum atomic E-state index is -0.375. The van der Waals surface area contributed by atoms with Crippen LogP contribution < -0.4 is 5.73 Å². The van der Waals surface area contributed by atoms with Gasteiger partial charge in [-0.15, -0.1) is 0 Å². The van der Waals surface area contributed by atoms with Gasteiger partial charge in [0.2, 0.25) is 0 Å². The predicted octanol–water partition coefficient (Wildman–Crippen LogP) is 1.72. The molecule has 1 rings (SSSR count). The maximum atomic E-state index is 9.65. The highest BCUT2D eigenvalue weighted by Gasteiger charge is 2.11. The van der Waals surface area contributed by atoms with E-state index >= 15 is 0 Å². The summed E-state index contributed by atoms with van der Waals surface area (Å²) in [7, 11) is 0. The summed E-state index contributed by atoms with van der Waals surface area (Å²) in [6.45, 7) is 2.00. The van der Waals surface area contributed by atoms with Gasteiger partial charge in [-0.2, -0.15) is 0 Å². The van der Waals surface area contributed by atoms with E-state index < -0.39 is 0 Å². The lowest BCUT2D eigenvalue weighted by Gasteiger charge is -2.16. The lowest BCUT2D eigenvalue weighted by Crippen LogP contribution is -2.34. The van der Waals surface area contributed by atoms with E-state index in [2.05, 4.69) is 12.1 Å². The number of aryl methyl sites for hydroxylation is 1. The van der Waals surface area contributed by atoms with E-state index in [1.165, 1.54) is 5.56 Å². The Labute approximate surface area is 85.8 Å². The largest absolute Gasteiger partial charge is 0.392 e. The number of hydrogen-bond donors (Lipinski definition) is 2. The fourth-order valence-corrected chi connectivity index (χ4v) is 1.45. The molecule has 2 atom stereocenters. The number of nitrogens with two attached hydrogens (primary N) is 1. The smallest absolute Gasteiger partial charge is 0.0694 e. The Balaban J connectivity index is 2.34. The molecule has 0 spiro atoms. The molecule has 0 saturated carbocycles. The van der Waals surface area contributed by atoms with Crippen molar-refractivity contribution in [2.75, 3.05) is 0 Å². The Morgan fingerprint density at radius 3 is 2.50 bits per heavy atom. The average Bonchev–Trinajstić information content (AvgIpc) is 2.26. The van der Waals surface area contributed by atoms with Crippen molar-refractivity contribution in [3.8, 4) is 0 Å². The van der Waals surface area contributed by atoms with Gasteiger partial charge in [0.15, 0.2) is 0 Å². The SMILES string of the molecule is CC[C@H](N)[C@@H](O)CCc1ccccc1. The summed E-state index contributed by atoms with van der Waals surface area (Å²) in [6, 6.07) is 10.1. The maximum Gasteiger partial charge on any atom is 0.0694 e. The molecule has 0 aromatic heterocycles. The first-order chi connectivity index (χ1) is 6.74. The van der Waals surface area contributed by atoms with Crippen LogP contribution in [0, 0.1) is 0 Å². The Morgan fingerprint density at radius 1 is 1.29 bits per heavy atom. The van der Waals surface area contributed by atoms with Gasteiger partial charge < -0.3 is 10.8 Å². The third kappa shape index (κ3) is 3.48. The second-order valence-corrected chi connectivity index (χ2v) is 3.66. The topological polar surface area (TPSA) is 46.2 Å². The second-order valence-electron chi connectivity index (χ2n) is 3.66. The number of aliphatic hydroxyl groups is 1. The van der Waals surface area contributed by atoms with Crippen molar-refractivity contribution in [3.63, 3.8) is 0 Å². The van der Waals surface area contributed by atoms with E-state index in [4.69, 9.17) is 5.73 Å². The standard InChI is InChI=1S/C12H19NO/c1-2-11(13)12(14)9-8-10-6-4-3-5-7-10/h3-7,11-12,14H,2,8-9,13H2,1H3/t11-,12-/m0/s1. The van der Waals surface area contributed by atoms with Crippen LogP contribution >= 0.6 is 0 Å². The summed E-state index contributed by atoms with van der Waals surface area (Å²) in [5, 5.41) is 9.65. The molecular formula is C12H19NO. The molecule has 1 aromatic carbocycles. The fraction of sp³-hybridized carbons (Fsp3) is 0.500. The van der Waals surface area contributed by atoms with Gasteiger partial charge in [0.25, 0.3) is 0 Å². The number of benzene rings is 1. The van der Waals surface area contributed by atoms with E-state index in [0.717, 1.165) is 19.3 Å². The summed E-state index contributed by atoms with van der Waals surface area (Å²) in [4.78, 5) is 0. The number of hydrogen-bond acceptors (Lipinski definition) is 2. The van der Waals surface area contributed by atoms with Gasteiger partial charge in [0, 0.05) is 6.04 Å². The van der Waals surface area contributed by atoms with E-state index in [-0.39, 0.29) is 12.1 Å². The minimum Gasteiger partial charge on any atom is -0.392 e. The molecular weight excluding hydrogens is 174 g/mol.